The lowest BCUT2D eigenvalue weighted by Crippen LogP contribution is -2.61. The number of likely N-dealkylation sites (N-methyl/N-ethyl adjacent to an activating group) is 1. The first-order valence-electron chi connectivity index (χ1n) is 32.6. The van der Waals surface area contributed by atoms with E-state index in [0.29, 0.717) is 58.4 Å². The molecule has 8 rings (SSSR count). The lowest BCUT2D eigenvalue weighted by molar-refractivity contribution is -0.142. The quantitative estimate of drug-likeness (QED) is 0.0148. The standard InChI is InChI=1S/C65H85N17O12.C2H4O2/c1-5-69-63(93)54-17-11-25-82(54)64(94)47(16-10-24-70-65(66)67)75-57(87)48(26-35(2)3)76-61(91)52(30-43-36(4)73-45-15-9-7-13-42(43)45)80-58(88)49(27-37-18-20-40(84)21-19-37)77-62(92)53(33-83)81-59(89)50(28-38-31-71-44-14-8-6-12-41(38)44)78-60(90)51(29-39-32-68-34-72-39)79-56(86)46-22-23-55(85)74-46;1-2(3)4/h6-9,12-15,18-21,31-32,34-35,46-54,71,73,83-84H,5,10-11,16-17,22-30,33H2,1-4H3,(H,68,72)(H,69,93)(H,74,85)(H,75,87)(H,76,91)(H,77,92)(H,78,90)(H,79,86)(H,80,88)(H,81,89)(H4,66,67,70);1H3,(H,3,4)/t46-,47-,48-,49-,50-,51-,52+,53-,54-;/m0./s1. The molecular weight excluding hydrogens is 1270 g/mol. The van der Waals surface area contributed by atoms with Crippen LogP contribution in [-0.4, -0.2) is 192 Å². The number of guanidine groups is 1. The first-order chi connectivity index (χ1) is 46.8. The Morgan fingerprint density at radius 3 is 1.87 bits per heavy atom. The summed E-state index contributed by atoms with van der Waals surface area (Å²) in [6.07, 6.45) is 5.47. The van der Waals surface area contributed by atoms with Crippen molar-refractivity contribution in [1.29, 1.82) is 5.41 Å². The van der Waals surface area contributed by atoms with Gasteiger partial charge in [-0.1, -0.05) is 62.4 Å². The zero-order valence-corrected chi connectivity index (χ0v) is 55.3. The number of carboxylic acids is 1. The van der Waals surface area contributed by atoms with Gasteiger partial charge in [-0.15, -0.1) is 0 Å². The maximum Gasteiger partial charge on any atom is 0.300 e. The number of fused-ring (bicyclic) bond motifs is 2. The first kappa shape index (κ1) is 74.5. The van der Waals surface area contributed by atoms with Crippen molar-refractivity contribution in [3.05, 3.63) is 120 Å². The normalized spacial score (nSPS) is 16.3. The highest BCUT2D eigenvalue weighted by molar-refractivity contribution is 6.00. The van der Waals surface area contributed by atoms with Gasteiger partial charge in [0.25, 0.3) is 5.97 Å². The molecule has 0 saturated carbocycles. The Morgan fingerprint density at radius 2 is 1.27 bits per heavy atom. The monoisotopic (exact) mass is 1360 g/mol. The van der Waals surface area contributed by atoms with Gasteiger partial charge in [0.2, 0.25) is 59.1 Å². The number of hydrogen-bond acceptors (Lipinski definition) is 15. The fraction of sp³-hybridized carbons (Fsp3) is 0.448. The average molecular weight is 1360 g/mol. The van der Waals surface area contributed by atoms with Crippen LogP contribution < -0.4 is 58.9 Å². The number of phenolic OH excluding ortho intramolecular Hbond substituents is 1. The highest BCUT2D eigenvalue weighted by Crippen LogP contribution is 2.25. The molecule has 5 heterocycles. The number of carbonyl (C=O) groups is 11. The molecule has 0 aliphatic carbocycles. The Bertz CT molecular complexity index is 3790. The topological polar surface area (TPSA) is 482 Å². The van der Waals surface area contributed by atoms with Gasteiger partial charge in [-0.3, -0.25) is 58.1 Å². The maximum atomic E-state index is 15.2. The van der Waals surface area contributed by atoms with E-state index in [1.54, 1.807) is 38.2 Å². The third kappa shape index (κ3) is 21.3. The number of aliphatic hydroxyl groups is 1. The number of nitrogens with zero attached hydrogens (tertiary/aromatic N) is 2. The van der Waals surface area contributed by atoms with Crippen molar-refractivity contribution >= 4 is 92.8 Å². The molecule has 3 aromatic carbocycles. The molecular formula is C67H89N17O14. The van der Waals surface area contributed by atoms with Crippen LogP contribution in [-0.2, 0) is 78.4 Å². The number of H-pyrrole nitrogens is 3. The van der Waals surface area contributed by atoms with Crippen LogP contribution in [0.25, 0.3) is 21.8 Å². The highest BCUT2D eigenvalue weighted by atomic mass is 16.4. The Hall–Kier alpha value is -10.9. The number of carboxylic acid groups (broad SMARTS) is 1. The fourth-order valence-corrected chi connectivity index (χ4v) is 11.8. The Balaban J connectivity index is 0.00000329. The van der Waals surface area contributed by atoms with Crippen LogP contribution >= 0.6 is 0 Å². The van der Waals surface area contributed by atoms with Crippen molar-refractivity contribution < 1.29 is 68.1 Å². The zero-order valence-electron chi connectivity index (χ0n) is 55.3. The first-order valence-corrected chi connectivity index (χ1v) is 32.6. The predicted molar refractivity (Wildman–Crippen MR) is 360 cm³/mol. The van der Waals surface area contributed by atoms with Gasteiger partial charge in [-0.25, -0.2) is 4.98 Å². The number of para-hydroxylation sites is 2. The van der Waals surface area contributed by atoms with Crippen molar-refractivity contribution in [3.8, 4) is 5.75 Å². The third-order valence-electron chi connectivity index (χ3n) is 16.7. The Morgan fingerprint density at radius 1 is 0.694 bits per heavy atom. The molecule has 0 radical (unpaired) electrons. The van der Waals surface area contributed by atoms with Gasteiger partial charge in [-0.05, 0) is 99.2 Å². The van der Waals surface area contributed by atoms with Gasteiger partial charge in [-0.2, -0.15) is 0 Å². The number of likely N-dealkylation sites (tertiary alicyclic amines) is 1. The van der Waals surface area contributed by atoms with Crippen molar-refractivity contribution in [1.82, 2.24) is 78.0 Å². The molecule has 2 aliphatic rings. The SMILES string of the molecule is CC(=O)O.CCNC(=O)[C@@H]1CCCN1C(=O)[C@H](CCCNC(=N)N)NC(=O)[C@H](CC(C)C)NC(=O)[C@@H](Cc1c(C)[nH]c2ccccc12)NC(=O)[C@H](Cc1ccc(O)cc1)NC(=O)[C@H](CO)NC(=O)[C@H](Cc1c[nH]c2ccccc12)NC(=O)[C@H](Cc1c[nH]cn1)NC(=O)[C@@H]1CCC(=O)N1. The number of hydrogen-bond donors (Lipinski definition) is 18. The molecule has 2 aliphatic heterocycles. The summed E-state index contributed by atoms with van der Waals surface area (Å²) in [6, 6.07) is 8.44. The van der Waals surface area contributed by atoms with Gasteiger partial charge in [0.05, 0.1) is 18.6 Å². The second-order valence-electron chi connectivity index (χ2n) is 24.7. The van der Waals surface area contributed by atoms with Gasteiger partial charge in [0.1, 0.15) is 60.1 Å². The molecule has 0 spiro atoms. The summed E-state index contributed by atoms with van der Waals surface area (Å²) in [5, 5.41) is 64.9. The minimum absolute atomic E-state index is 0.0615. The lowest BCUT2D eigenvalue weighted by Gasteiger charge is -2.31. The van der Waals surface area contributed by atoms with E-state index in [9.17, 15) is 48.6 Å². The van der Waals surface area contributed by atoms with Crippen molar-refractivity contribution in [3.63, 3.8) is 0 Å². The molecule has 526 valence electrons. The number of phenols is 1. The molecule has 31 nitrogen and oxygen atoms in total. The predicted octanol–water partition coefficient (Wildman–Crippen LogP) is -0.151. The maximum absolute atomic E-state index is 15.2. The van der Waals surface area contributed by atoms with Crippen LogP contribution in [0.3, 0.4) is 0 Å². The minimum atomic E-state index is -1.79. The van der Waals surface area contributed by atoms with Crippen LogP contribution in [0, 0.1) is 18.3 Å². The fourth-order valence-electron chi connectivity index (χ4n) is 11.8. The molecule has 6 aromatic rings. The number of aromatic amines is 3. The number of carbonyl (C=O) groups excluding carboxylic acids is 10. The van der Waals surface area contributed by atoms with Crippen molar-refractivity contribution in [2.24, 2.45) is 11.7 Å². The number of aromatic nitrogens is 4. The highest BCUT2D eigenvalue weighted by Gasteiger charge is 2.40. The smallest absolute Gasteiger partial charge is 0.300 e. The van der Waals surface area contributed by atoms with Crippen LogP contribution in [0.15, 0.2) is 91.5 Å². The molecule has 98 heavy (non-hydrogen) atoms. The second-order valence-corrected chi connectivity index (χ2v) is 24.7. The number of aliphatic carboxylic acids is 1. The number of imidazole rings is 1. The Kier molecular flexibility index (Phi) is 27.2. The number of aryl methyl sites for hydroxylation is 1. The minimum Gasteiger partial charge on any atom is -0.508 e. The molecule has 10 amide bonds. The number of aromatic hydroxyl groups is 1. The molecule has 0 bridgehead atoms. The average Bonchev–Trinajstić information content (AvgIpc) is 1.61. The Labute approximate surface area is 565 Å². The zero-order chi connectivity index (χ0) is 71.2. The van der Waals surface area contributed by atoms with E-state index in [2.05, 4.69) is 73.1 Å². The summed E-state index contributed by atoms with van der Waals surface area (Å²) in [5.41, 5.74) is 9.65. The summed E-state index contributed by atoms with van der Waals surface area (Å²) in [5.74, 6) is -8.56. The van der Waals surface area contributed by atoms with Gasteiger partial charge < -0.3 is 94.1 Å². The van der Waals surface area contributed by atoms with E-state index in [1.807, 2.05) is 44.2 Å². The van der Waals surface area contributed by atoms with E-state index in [-0.39, 0.29) is 100 Å². The van der Waals surface area contributed by atoms with E-state index < -0.39 is 114 Å². The van der Waals surface area contributed by atoms with E-state index in [1.165, 1.54) is 41.7 Å². The largest absolute Gasteiger partial charge is 0.508 e. The number of nitrogens with one attached hydrogen (secondary N) is 14. The van der Waals surface area contributed by atoms with Gasteiger partial charge >= 0.3 is 0 Å². The van der Waals surface area contributed by atoms with Gasteiger partial charge in [0, 0.05) is 98.6 Å². The van der Waals surface area contributed by atoms with Crippen LogP contribution in [0.1, 0.15) is 101 Å². The molecule has 31 heteroatoms. The van der Waals surface area contributed by atoms with E-state index in [0.717, 1.165) is 17.8 Å². The van der Waals surface area contributed by atoms with Crippen LogP contribution in [0.4, 0.5) is 0 Å². The lowest BCUT2D eigenvalue weighted by atomic mass is 9.98. The summed E-state index contributed by atoms with van der Waals surface area (Å²) in [6.45, 7) is 8.08. The second kappa shape index (κ2) is 35.8. The molecule has 19 N–H and O–H groups in total. The molecule has 2 fully saturated rings. The summed E-state index contributed by atoms with van der Waals surface area (Å²) in [7, 11) is 0. The molecule has 2 saturated heterocycles. The molecule has 9 atom stereocenters. The van der Waals surface area contributed by atoms with E-state index >= 15 is 9.59 Å². The van der Waals surface area contributed by atoms with Crippen LogP contribution in [0.2, 0.25) is 0 Å². The van der Waals surface area contributed by atoms with Crippen molar-refractivity contribution in [2.75, 3.05) is 26.2 Å². The molecule has 0 unspecified atom stereocenters. The van der Waals surface area contributed by atoms with E-state index in [4.69, 9.17) is 21.0 Å². The summed E-state index contributed by atoms with van der Waals surface area (Å²) < 4.78 is 0. The van der Waals surface area contributed by atoms with Gasteiger partial charge in [0.15, 0.2) is 5.96 Å². The summed E-state index contributed by atoms with van der Waals surface area (Å²) in [4.78, 5) is 166. The number of aliphatic hydroxyl groups excluding tert-OH is 1. The van der Waals surface area contributed by atoms with Crippen LogP contribution in [0.5, 0.6) is 5.75 Å². The van der Waals surface area contributed by atoms with Crippen molar-refractivity contribution in [2.45, 2.75) is 160 Å². The number of rotatable bonds is 32. The number of amides is 10. The third-order valence-corrected chi connectivity index (χ3v) is 16.7. The summed E-state index contributed by atoms with van der Waals surface area (Å²) >= 11 is 0. The molecule has 3 aromatic heterocycles. The number of benzene rings is 3. The number of nitrogens with two attached hydrogens (primary N) is 1.